The zero-order valence-corrected chi connectivity index (χ0v) is 14.1. The molecule has 0 saturated carbocycles. The van der Waals surface area contributed by atoms with E-state index in [1.54, 1.807) is 26.2 Å². The molecule has 25 heavy (non-hydrogen) atoms. The second-order valence-electron chi connectivity index (χ2n) is 5.34. The summed E-state index contributed by atoms with van der Waals surface area (Å²) in [4.78, 5) is 22.5. The Bertz CT molecular complexity index is 731. The molecule has 2 aromatic carbocycles. The van der Waals surface area contributed by atoms with Gasteiger partial charge in [-0.2, -0.15) is 0 Å². The molecule has 0 aliphatic carbocycles. The summed E-state index contributed by atoms with van der Waals surface area (Å²) in [6, 6.07) is 13.2. The Hall–Kier alpha value is -3.22. The van der Waals surface area contributed by atoms with E-state index in [1.807, 2.05) is 36.4 Å². The molecule has 2 aromatic rings. The maximum Gasteiger partial charge on any atom is 0.312 e. The third-order valence-corrected chi connectivity index (χ3v) is 3.44. The van der Waals surface area contributed by atoms with Crippen molar-refractivity contribution in [1.29, 1.82) is 0 Å². The number of ether oxygens (including phenoxy) is 2. The first-order valence-corrected chi connectivity index (χ1v) is 7.73. The molecule has 0 spiro atoms. The van der Waals surface area contributed by atoms with E-state index in [4.69, 9.17) is 15.2 Å². The van der Waals surface area contributed by atoms with Crippen LogP contribution in [0.1, 0.15) is 12.5 Å². The maximum atomic E-state index is 11.8. The lowest BCUT2D eigenvalue weighted by atomic mass is 10.2. The predicted molar refractivity (Wildman–Crippen MR) is 93.5 cm³/mol. The smallest absolute Gasteiger partial charge is 0.312 e. The number of nitrogens with one attached hydrogen (secondary N) is 2. The Balaban J connectivity index is 1.91. The van der Waals surface area contributed by atoms with Crippen LogP contribution < -0.4 is 25.8 Å². The molecule has 0 fully saturated rings. The minimum Gasteiger partial charge on any atom is -0.493 e. The SMILES string of the molecule is COc1ccccc1Oc1ccc(CNC(=O)C(C)NC(N)=O)cc1. The van der Waals surface area contributed by atoms with Gasteiger partial charge in [0.25, 0.3) is 0 Å². The van der Waals surface area contributed by atoms with Gasteiger partial charge in [-0.3, -0.25) is 4.79 Å². The number of carbonyl (C=O) groups is 2. The minimum atomic E-state index is -0.736. The van der Waals surface area contributed by atoms with Crippen LogP contribution >= 0.6 is 0 Å². The third kappa shape index (κ3) is 5.42. The number of hydrogen-bond donors (Lipinski definition) is 3. The van der Waals surface area contributed by atoms with E-state index in [1.165, 1.54) is 0 Å². The number of nitrogens with two attached hydrogens (primary N) is 1. The standard InChI is InChI=1S/C18H21N3O4/c1-12(21-18(19)23)17(22)20-11-13-7-9-14(10-8-13)25-16-6-4-3-5-15(16)24-2/h3-10,12H,11H2,1-2H3,(H,20,22)(H3,19,21,23). The zero-order chi connectivity index (χ0) is 18.2. The Labute approximate surface area is 146 Å². The molecular formula is C18H21N3O4. The number of benzene rings is 2. The highest BCUT2D eigenvalue weighted by atomic mass is 16.5. The summed E-state index contributed by atoms with van der Waals surface area (Å²) in [5.41, 5.74) is 5.88. The molecule has 0 aliphatic rings. The van der Waals surface area contributed by atoms with Crippen molar-refractivity contribution in [2.24, 2.45) is 5.73 Å². The van der Waals surface area contributed by atoms with E-state index in [9.17, 15) is 9.59 Å². The van der Waals surface area contributed by atoms with Crippen molar-refractivity contribution in [1.82, 2.24) is 10.6 Å². The Morgan fingerprint density at radius 1 is 1.08 bits per heavy atom. The highest BCUT2D eigenvalue weighted by Gasteiger charge is 2.13. The number of amides is 3. The predicted octanol–water partition coefficient (Wildman–Crippen LogP) is 2.16. The van der Waals surface area contributed by atoms with Gasteiger partial charge in [0.1, 0.15) is 11.8 Å². The molecule has 2 rings (SSSR count). The first kappa shape index (κ1) is 18.1. The van der Waals surface area contributed by atoms with E-state index in [2.05, 4.69) is 10.6 Å². The second-order valence-corrected chi connectivity index (χ2v) is 5.34. The fourth-order valence-corrected chi connectivity index (χ4v) is 2.13. The molecule has 1 atom stereocenters. The number of carbonyl (C=O) groups excluding carboxylic acids is 2. The van der Waals surface area contributed by atoms with Crippen molar-refractivity contribution >= 4 is 11.9 Å². The fourth-order valence-electron chi connectivity index (χ4n) is 2.13. The van der Waals surface area contributed by atoms with Crippen LogP contribution in [0.4, 0.5) is 4.79 Å². The molecule has 132 valence electrons. The fraction of sp³-hybridized carbons (Fsp3) is 0.222. The summed E-state index contributed by atoms with van der Waals surface area (Å²) in [6.45, 7) is 1.89. The quantitative estimate of drug-likeness (QED) is 0.717. The first-order valence-electron chi connectivity index (χ1n) is 7.73. The number of rotatable bonds is 7. The van der Waals surface area contributed by atoms with Crippen LogP contribution in [0.5, 0.6) is 17.2 Å². The van der Waals surface area contributed by atoms with Gasteiger partial charge in [-0.05, 0) is 36.8 Å². The summed E-state index contributed by atoms with van der Waals surface area (Å²) in [5.74, 6) is 1.61. The third-order valence-electron chi connectivity index (χ3n) is 3.44. The van der Waals surface area contributed by atoms with E-state index in [-0.39, 0.29) is 5.91 Å². The Morgan fingerprint density at radius 2 is 1.72 bits per heavy atom. The largest absolute Gasteiger partial charge is 0.493 e. The van der Waals surface area contributed by atoms with Crippen LogP contribution in [-0.4, -0.2) is 25.1 Å². The number of para-hydroxylation sites is 2. The van der Waals surface area contributed by atoms with Gasteiger partial charge in [0.2, 0.25) is 5.91 Å². The first-order chi connectivity index (χ1) is 12.0. The molecule has 0 saturated heterocycles. The number of hydrogen-bond acceptors (Lipinski definition) is 4. The molecule has 0 aromatic heterocycles. The second kappa shape index (κ2) is 8.58. The summed E-state index contributed by atoms with van der Waals surface area (Å²) in [5, 5.41) is 5.04. The maximum absolute atomic E-state index is 11.8. The van der Waals surface area contributed by atoms with Gasteiger partial charge in [0.15, 0.2) is 11.5 Å². The number of methoxy groups -OCH3 is 1. The average molecular weight is 343 g/mol. The molecule has 4 N–H and O–H groups in total. The molecule has 7 nitrogen and oxygen atoms in total. The van der Waals surface area contributed by atoms with Gasteiger partial charge in [0, 0.05) is 6.54 Å². The van der Waals surface area contributed by atoms with Crippen LogP contribution in [0.25, 0.3) is 0 Å². The van der Waals surface area contributed by atoms with Gasteiger partial charge < -0.3 is 25.8 Å². The van der Waals surface area contributed by atoms with Crippen molar-refractivity contribution in [2.45, 2.75) is 19.5 Å². The van der Waals surface area contributed by atoms with Crippen LogP contribution in [0.3, 0.4) is 0 Å². The van der Waals surface area contributed by atoms with Gasteiger partial charge in [-0.15, -0.1) is 0 Å². The highest BCUT2D eigenvalue weighted by molar-refractivity contribution is 5.86. The number of primary amides is 1. The Morgan fingerprint density at radius 3 is 2.32 bits per heavy atom. The summed E-state index contributed by atoms with van der Waals surface area (Å²) in [6.07, 6.45) is 0. The van der Waals surface area contributed by atoms with E-state index in [0.717, 1.165) is 5.56 Å². The average Bonchev–Trinajstić information content (AvgIpc) is 2.60. The molecule has 0 aliphatic heterocycles. The molecule has 0 radical (unpaired) electrons. The lowest BCUT2D eigenvalue weighted by Crippen LogP contribution is -2.46. The van der Waals surface area contributed by atoms with E-state index in [0.29, 0.717) is 23.8 Å². The van der Waals surface area contributed by atoms with Crippen LogP contribution in [0, 0.1) is 0 Å². The van der Waals surface area contributed by atoms with Crippen LogP contribution in [-0.2, 0) is 11.3 Å². The van der Waals surface area contributed by atoms with Gasteiger partial charge in [0.05, 0.1) is 7.11 Å². The summed E-state index contributed by atoms with van der Waals surface area (Å²) >= 11 is 0. The normalized spacial score (nSPS) is 11.3. The van der Waals surface area contributed by atoms with Crippen LogP contribution in [0.2, 0.25) is 0 Å². The molecular weight excluding hydrogens is 322 g/mol. The van der Waals surface area contributed by atoms with E-state index < -0.39 is 12.1 Å². The van der Waals surface area contributed by atoms with Crippen LogP contribution in [0.15, 0.2) is 48.5 Å². The van der Waals surface area contributed by atoms with Gasteiger partial charge in [-0.1, -0.05) is 24.3 Å². The zero-order valence-electron chi connectivity index (χ0n) is 14.1. The summed E-state index contributed by atoms with van der Waals surface area (Å²) in [7, 11) is 1.59. The highest BCUT2D eigenvalue weighted by Crippen LogP contribution is 2.30. The van der Waals surface area contributed by atoms with E-state index >= 15 is 0 Å². The Kier molecular flexibility index (Phi) is 6.22. The van der Waals surface area contributed by atoms with Gasteiger partial charge in [-0.25, -0.2) is 4.79 Å². The van der Waals surface area contributed by atoms with Crippen molar-refractivity contribution < 1.29 is 19.1 Å². The molecule has 1 unspecified atom stereocenters. The molecule has 0 heterocycles. The van der Waals surface area contributed by atoms with Crippen molar-refractivity contribution in [2.75, 3.05) is 7.11 Å². The van der Waals surface area contributed by atoms with Crippen molar-refractivity contribution in [3.63, 3.8) is 0 Å². The minimum absolute atomic E-state index is 0.312. The lowest BCUT2D eigenvalue weighted by Gasteiger charge is -2.13. The van der Waals surface area contributed by atoms with Crippen molar-refractivity contribution in [3.05, 3.63) is 54.1 Å². The molecule has 3 amide bonds. The topological polar surface area (TPSA) is 103 Å². The van der Waals surface area contributed by atoms with Crippen molar-refractivity contribution in [3.8, 4) is 17.2 Å². The van der Waals surface area contributed by atoms with Gasteiger partial charge >= 0.3 is 6.03 Å². The molecule has 0 bridgehead atoms. The monoisotopic (exact) mass is 343 g/mol. The number of urea groups is 1. The lowest BCUT2D eigenvalue weighted by molar-refractivity contribution is -0.122. The summed E-state index contributed by atoms with van der Waals surface area (Å²) < 4.78 is 11.0. The molecule has 7 heteroatoms.